The van der Waals surface area contributed by atoms with Crippen LogP contribution in [0.4, 0.5) is 4.39 Å². The van der Waals surface area contributed by atoms with Crippen LogP contribution in [0.15, 0.2) is 72.6 Å². The van der Waals surface area contributed by atoms with E-state index in [0.29, 0.717) is 23.5 Å². The number of unbranched alkanes of at least 4 members (excludes halogenated alkanes) is 1. The molecule has 1 unspecified atom stereocenters. The number of carbonyl (C=O) groups is 2. The first kappa shape index (κ1) is 24.1. The SMILES string of the molecule is CCCCOc1ccc(C2/C(=C(/O)c3ccc(C)c(F)c3)C(=O)C(=O)N2Cc2cccnc2)cc1. The Kier molecular flexibility index (Phi) is 7.25. The van der Waals surface area contributed by atoms with Crippen LogP contribution in [0.2, 0.25) is 0 Å². The van der Waals surface area contributed by atoms with Gasteiger partial charge in [-0.1, -0.05) is 43.7 Å². The van der Waals surface area contributed by atoms with Crippen LogP contribution in [0, 0.1) is 12.7 Å². The molecule has 1 aliphatic rings. The van der Waals surface area contributed by atoms with Gasteiger partial charge in [-0.25, -0.2) is 4.39 Å². The fourth-order valence-electron chi connectivity index (χ4n) is 4.05. The van der Waals surface area contributed by atoms with Crippen LogP contribution >= 0.6 is 0 Å². The maximum absolute atomic E-state index is 14.2. The third-order valence-corrected chi connectivity index (χ3v) is 6.02. The number of hydrogen-bond acceptors (Lipinski definition) is 5. The summed E-state index contributed by atoms with van der Waals surface area (Å²) in [6.45, 7) is 4.40. The molecule has 1 amide bonds. The van der Waals surface area contributed by atoms with Crippen molar-refractivity contribution in [1.29, 1.82) is 0 Å². The van der Waals surface area contributed by atoms with E-state index in [-0.39, 0.29) is 17.7 Å². The third-order valence-electron chi connectivity index (χ3n) is 6.02. The number of amides is 1. The molecule has 1 aromatic heterocycles. The number of likely N-dealkylation sites (tertiary alicyclic amines) is 1. The van der Waals surface area contributed by atoms with Gasteiger partial charge in [0.05, 0.1) is 18.2 Å². The van der Waals surface area contributed by atoms with Gasteiger partial charge in [0.2, 0.25) is 0 Å². The second kappa shape index (κ2) is 10.5. The molecule has 2 heterocycles. The Bertz CT molecular complexity index is 1260. The maximum Gasteiger partial charge on any atom is 0.295 e. The third kappa shape index (κ3) is 5.09. The molecule has 0 saturated carbocycles. The highest BCUT2D eigenvalue weighted by atomic mass is 19.1. The number of aryl methyl sites for hydroxylation is 1. The summed E-state index contributed by atoms with van der Waals surface area (Å²) >= 11 is 0. The topological polar surface area (TPSA) is 79.7 Å². The lowest BCUT2D eigenvalue weighted by atomic mass is 9.94. The highest BCUT2D eigenvalue weighted by Crippen LogP contribution is 2.40. The van der Waals surface area contributed by atoms with Gasteiger partial charge in [0.15, 0.2) is 0 Å². The molecule has 4 rings (SSSR count). The molecule has 1 fully saturated rings. The van der Waals surface area contributed by atoms with E-state index >= 15 is 0 Å². The Morgan fingerprint density at radius 3 is 2.57 bits per heavy atom. The quantitative estimate of drug-likeness (QED) is 0.207. The smallest absolute Gasteiger partial charge is 0.295 e. The first-order valence-corrected chi connectivity index (χ1v) is 11.6. The zero-order valence-corrected chi connectivity index (χ0v) is 19.7. The molecule has 2 aromatic carbocycles. The van der Waals surface area contributed by atoms with Gasteiger partial charge in [0, 0.05) is 24.5 Å². The second-order valence-corrected chi connectivity index (χ2v) is 8.52. The molecule has 1 N–H and O–H groups in total. The number of aromatic nitrogens is 1. The van der Waals surface area contributed by atoms with Gasteiger partial charge in [-0.2, -0.15) is 0 Å². The Balaban J connectivity index is 1.78. The van der Waals surface area contributed by atoms with E-state index in [1.807, 2.05) is 6.07 Å². The van der Waals surface area contributed by atoms with Crippen LogP contribution in [0.3, 0.4) is 0 Å². The highest BCUT2D eigenvalue weighted by Gasteiger charge is 2.46. The van der Waals surface area contributed by atoms with E-state index in [4.69, 9.17) is 4.74 Å². The number of nitrogens with zero attached hydrogens (tertiary/aromatic N) is 2. The largest absolute Gasteiger partial charge is 0.507 e. The Labute approximate surface area is 203 Å². The normalized spacial score (nSPS) is 17.1. The number of aliphatic hydroxyl groups excluding tert-OH is 1. The molecule has 35 heavy (non-hydrogen) atoms. The fraction of sp³-hybridized carbons (Fsp3) is 0.250. The summed E-state index contributed by atoms with van der Waals surface area (Å²) in [5.41, 5.74) is 1.83. The van der Waals surface area contributed by atoms with E-state index in [2.05, 4.69) is 11.9 Å². The summed E-state index contributed by atoms with van der Waals surface area (Å²) in [5.74, 6) is -1.81. The molecule has 0 spiro atoms. The molecule has 180 valence electrons. The highest BCUT2D eigenvalue weighted by molar-refractivity contribution is 6.46. The van der Waals surface area contributed by atoms with Crippen molar-refractivity contribution in [2.45, 2.75) is 39.3 Å². The number of halogens is 1. The number of pyridine rings is 1. The van der Waals surface area contributed by atoms with Crippen LogP contribution < -0.4 is 4.74 Å². The van der Waals surface area contributed by atoms with Crippen LogP contribution in [0.1, 0.15) is 48.1 Å². The molecular formula is C28H27FN2O4. The zero-order valence-electron chi connectivity index (χ0n) is 19.7. The monoisotopic (exact) mass is 474 g/mol. The molecule has 0 aliphatic carbocycles. The molecule has 0 radical (unpaired) electrons. The van der Waals surface area contributed by atoms with E-state index in [0.717, 1.165) is 18.4 Å². The molecule has 1 saturated heterocycles. The van der Waals surface area contributed by atoms with Gasteiger partial charge >= 0.3 is 0 Å². The average Bonchev–Trinajstić information content (AvgIpc) is 3.11. The summed E-state index contributed by atoms with van der Waals surface area (Å²) in [7, 11) is 0. The number of ether oxygens (including phenoxy) is 1. The predicted octanol–water partition coefficient (Wildman–Crippen LogP) is 5.33. The lowest BCUT2D eigenvalue weighted by molar-refractivity contribution is -0.140. The van der Waals surface area contributed by atoms with Crippen LogP contribution in [0.5, 0.6) is 5.75 Å². The number of ketones is 1. The summed E-state index contributed by atoms with van der Waals surface area (Å²) in [5, 5.41) is 11.1. The Morgan fingerprint density at radius 1 is 1.14 bits per heavy atom. The molecule has 1 aliphatic heterocycles. The first-order valence-electron chi connectivity index (χ1n) is 11.6. The molecule has 7 heteroatoms. The molecule has 1 atom stereocenters. The van der Waals surface area contributed by atoms with Crippen molar-refractivity contribution >= 4 is 17.4 Å². The Morgan fingerprint density at radius 2 is 1.91 bits per heavy atom. The van der Waals surface area contributed by atoms with Gasteiger partial charge in [-0.15, -0.1) is 0 Å². The van der Waals surface area contributed by atoms with Crippen LogP contribution in [-0.2, 0) is 16.1 Å². The number of carbonyl (C=O) groups excluding carboxylic acids is 2. The number of Topliss-reactive ketones (excluding diaryl/α,β-unsaturated/α-hetero) is 1. The number of hydrogen-bond donors (Lipinski definition) is 1. The zero-order chi connectivity index (χ0) is 24.9. The lowest BCUT2D eigenvalue weighted by Crippen LogP contribution is -2.29. The van der Waals surface area contributed by atoms with E-state index in [1.54, 1.807) is 49.6 Å². The summed E-state index contributed by atoms with van der Waals surface area (Å²) < 4.78 is 20.0. The van der Waals surface area contributed by atoms with Crippen molar-refractivity contribution in [2.24, 2.45) is 0 Å². The number of aliphatic hydroxyl groups is 1. The summed E-state index contributed by atoms with van der Waals surface area (Å²) in [6.07, 6.45) is 5.19. The van der Waals surface area contributed by atoms with Crippen molar-refractivity contribution in [1.82, 2.24) is 9.88 Å². The van der Waals surface area contributed by atoms with Crippen LogP contribution in [-0.4, -0.2) is 33.3 Å². The van der Waals surface area contributed by atoms with E-state index in [9.17, 15) is 19.1 Å². The Hall–Kier alpha value is -4.00. The predicted molar refractivity (Wildman–Crippen MR) is 130 cm³/mol. The van der Waals surface area contributed by atoms with Gasteiger partial charge in [-0.05, 0) is 54.3 Å². The van der Waals surface area contributed by atoms with Gasteiger partial charge in [0.1, 0.15) is 17.3 Å². The number of rotatable bonds is 8. The maximum atomic E-state index is 14.2. The first-order chi connectivity index (χ1) is 16.9. The van der Waals surface area contributed by atoms with Crippen molar-refractivity contribution in [3.05, 3.63) is 101 Å². The van der Waals surface area contributed by atoms with Gasteiger partial charge in [-0.3, -0.25) is 14.6 Å². The van der Waals surface area contributed by atoms with Gasteiger partial charge < -0.3 is 14.7 Å². The lowest BCUT2D eigenvalue weighted by Gasteiger charge is -2.25. The number of benzene rings is 2. The molecule has 6 nitrogen and oxygen atoms in total. The molecule has 0 bridgehead atoms. The molecular weight excluding hydrogens is 447 g/mol. The van der Waals surface area contributed by atoms with Crippen molar-refractivity contribution < 1.29 is 23.8 Å². The van der Waals surface area contributed by atoms with Crippen molar-refractivity contribution in [3.8, 4) is 5.75 Å². The average molecular weight is 475 g/mol. The van der Waals surface area contributed by atoms with Crippen molar-refractivity contribution in [2.75, 3.05) is 6.61 Å². The minimum atomic E-state index is -0.857. The van der Waals surface area contributed by atoms with E-state index in [1.165, 1.54) is 23.1 Å². The minimum absolute atomic E-state index is 0.0817. The standard InChI is InChI=1S/C28H27FN2O4/c1-3-4-14-35-22-11-9-20(10-12-22)25-24(26(32)21-8-7-18(2)23(29)15-21)27(33)28(34)31(25)17-19-6-5-13-30-16-19/h5-13,15-16,25,32H,3-4,14,17H2,1-2H3/b26-24-. The fourth-order valence-corrected chi connectivity index (χ4v) is 4.05. The minimum Gasteiger partial charge on any atom is -0.507 e. The molecule has 3 aromatic rings. The second-order valence-electron chi connectivity index (χ2n) is 8.52. The van der Waals surface area contributed by atoms with Crippen molar-refractivity contribution in [3.63, 3.8) is 0 Å². The van der Waals surface area contributed by atoms with Crippen LogP contribution in [0.25, 0.3) is 5.76 Å². The summed E-state index contributed by atoms with van der Waals surface area (Å²) in [4.78, 5) is 31.8. The summed E-state index contributed by atoms with van der Waals surface area (Å²) in [6, 6.07) is 14.0. The van der Waals surface area contributed by atoms with Gasteiger partial charge in [0.25, 0.3) is 11.7 Å². The van der Waals surface area contributed by atoms with E-state index < -0.39 is 29.3 Å².